The van der Waals surface area contributed by atoms with Gasteiger partial charge in [-0.15, -0.1) is 0 Å². The maximum absolute atomic E-state index is 12.7. The van der Waals surface area contributed by atoms with Crippen molar-refractivity contribution in [2.75, 3.05) is 0 Å². The van der Waals surface area contributed by atoms with Gasteiger partial charge in [-0.3, -0.25) is 0 Å². The molecule has 0 radical (unpaired) electrons. The van der Waals surface area contributed by atoms with E-state index < -0.39 is 28.7 Å². The second-order valence-corrected chi connectivity index (χ2v) is 2.51. The van der Waals surface area contributed by atoms with Gasteiger partial charge in [0.2, 0.25) is 0 Å². The third kappa shape index (κ3) is 1.90. The van der Waals surface area contributed by atoms with Gasteiger partial charge in [0, 0.05) is 0 Å². The number of pyridine rings is 1. The minimum atomic E-state index is -2.92. The molecule has 1 aromatic heterocycles. The summed E-state index contributed by atoms with van der Waals surface area (Å²) in [7, 11) is 0. The fourth-order valence-corrected chi connectivity index (χ4v) is 0.933. The molecule has 68 valence electrons. The zero-order valence-corrected chi connectivity index (χ0v) is 6.82. The summed E-state index contributed by atoms with van der Waals surface area (Å²) in [6, 6.07) is 1.99. The highest BCUT2D eigenvalue weighted by molar-refractivity contribution is 6.31. The van der Waals surface area contributed by atoms with Crippen LogP contribution in [-0.4, -0.2) is 4.98 Å². The Morgan fingerprint density at radius 1 is 1.54 bits per heavy atom. The van der Waals surface area contributed by atoms with Crippen molar-refractivity contribution in [3.05, 3.63) is 28.3 Å². The molecular weight excluding hydrogens is 205 g/mol. The average molecular weight is 207 g/mol. The summed E-state index contributed by atoms with van der Waals surface area (Å²) >= 11 is 5.26. The van der Waals surface area contributed by atoms with E-state index in [-0.39, 0.29) is 0 Å². The Morgan fingerprint density at radius 2 is 2.15 bits per heavy atom. The number of hydrogen-bond donors (Lipinski definition) is 0. The molecule has 0 bridgehead atoms. The van der Waals surface area contributed by atoms with E-state index in [0.717, 1.165) is 0 Å². The van der Waals surface area contributed by atoms with Crippen molar-refractivity contribution in [2.24, 2.45) is 0 Å². The van der Waals surface area contributed by atoms with Gasteiger partial charge in [0.25, 0.3) is 6.43 Å². The predicted octanol–water partition coefficient (Wildman–Crippen LogP) is 2.68. The van der Waals surface area contributed by atoms with Crippen molar-refractivity contribution in [3.63, 3.8) is 0 Å². The van der Waals surface area contributed by atoms with E-state index in [0.29, 0.717) is 6.07 Å². The summed E-state index contributed by atoms with van der Waals surface area (Å²) in [5, 5.41) is 7.79. The van der Waals surface area contributed by atoms with Crippen LogP contribution in [0, 0.1) is 17.1 Å². The van der Waals surface area contributed by atoms with E-state index in [9.17, 15) is 13.2 Å². The smallest absolute Gasteiger partial charge is 0.232 e. The summed E-state index contributed by atoms with van der Waals surface area (Å²) in [5.41, 5.74) is -1.46. The predicted molar refractivity (Wildman–Crippen MR) is 38.9 cm³/mol. The number of nitrogens with zero attached hydrogens (tertiary/aromatic N) is 2. The number of hydrogen-bond acceptors (Lipinski definition) is 2. The first-order valence-electron chi connectivity index (χ1n) is 3.10. The van der Waals surface area contributed by atoms with E-state index in [2.05, 4.69) is 4.98 Å². The first-order chi connectivity index (χ1) is 6.06. The summed E-state index contributed by atoms with van der Waals surface area (Å²) in [5.74, 6) is -1.00. The van der Waals surface area contributed by atoms with Crippen LogP contribution < -0.4 is 0 Å². The van der Waals surface area contributed by atoms with Crippen LogP contribution >= 0.6 is 11.6 Å². The van der Waals surface area contributed by atoms with Crippen LogP contribution in [0.4, 0.5) is 13.2 Å². The highest BCUT2D eigenvalue weighted by atomic mass is 35.5. The quantitative estimate of drug-likeness (QED) is 0.708. The Bertz CT molecular complexity index is 373. The van der Waals surface area contributed by atoms with Gasteiger partial charge in [-0.2, -0.15) is 5.26 Å². The molecule has 0 fully saturated rings. The lowest BCUT2D eigenvalue weighted by molar-refractivity contribution is 0.146. The van der Waals surface area contributed by atoms with Gasteiger partial charge in [-0.25, -0.2) is 18.2 Å². The van der Waals surface area contributed by atoms with Gasteiger partial charge < -0.3 is 0 Å². The van der Waals surface area contributed by atoms with E-state index in [4.69, 9.17) is 16.9 Å². The van der Waals surface area contributed by atoms with Gasteiger partial charge in [0.15, 0.2) is 11.5 Å². The largest absolute Gasteiger partial charge is 0.281 e. The Balaban J connectivity index is 3.33. The number of aromatic nitrogens is 1. The van der Waals surface area contributed by atoms with Crippen LogP contribution in [0.5, 0.6) is 0 Å². The number of nitriles is 1. The molecule has 0 unspecified atom stereocenters. The fraction of sp³-hybridized carbons (Fsp3) is 0.143. The van der Waals surface area contributed by atoms with Gasteiger partial charge in [-0.05, 0) is 6.07 Å². The summed E-state index contributed by atoms with van der Waals surface area (Å²) in [4.78, 5) is 3.07. The van der Waals surface area contributed by atoms with Crippen molar-refractivity contribution >= 4 is 11.6 Å². The molecule has 13 heavy (non-hydrogen) atoms. The lowest BCUT2D eigenvalue weighted by atomic mass is 10.3. The second kappa shape index (κ2) is 3.62. The Labute approximate surface area is 76.6 Å². The molecule has 2 nitrogen and oxygen atoms in total. The number of alkyl halides is 2. The summed E-state index contributed by atoms with van der Waals surface area (Å²) < 4.78 is 36.9. The van der Waals surface area contributed by atoms with E-state index in [1.54, 1.807) is 0 Å². The minimum Gasteiger partial charge on any atom is -0.232 e. The first-order valence-corrected chi connectivity index (χ1v) is 3.48. The van der Waals surface area contributed by atoms with Crippen molar-refractivity contribution in [3.8, 4) is 6.07 Å². The van der Waals surface area contributed by atoms with Crippen LogP contribution in [0.3, 0.4) is 0 Å². The maximum atomic E-state index is 12.7. The molecule has 0 saturated heterocycles. The highest BCUT2D eigenvalue weighted by Crippen LogP contribution is 2.26. The molecule has 0 saturated carbocycles. The lowest BCUT2D eigenvalue weighted by Gasteiger charge is -2.02. The van der Waals surface area contributed by atoms with Crippen LogP contribution in [0.15, 0.2) is 6.07 Å². The van der Waals surface area contributed by atoms with Crippen molar-refractivity contribution in [2.45, 2.75) is 6.43 Å². The van der Waals surface area contributed by atoms with Crippen LogP contribution in [0.2, 0.25) is 5.02 Å². The van der Waals surface area contributed by atoms with Gasteiger partial charge >= 0.3 is 0 Å². The zero-order chi connectivity index (χ0) is 10.0. The van der Waals surface area contributed by atoms with Crippen molar-refractivity contribution in [1.29, 1.82) is 5.26 Å². The lowest BCUT2D eigenvalue weighted by Crippen LogP contribution is -1.97. The topological polar surface area (TPSA) is 36.7 Å². The monoisotopic (exact) mass is 206 g/mol. The van der Waals surface area contributed by atoms with Crippen LogP contribution in [0.1, 0.15) is 17.8 Å². The Hall–Kier alpha value is -1.28. The standard InChI is InChI=1S/C7H2ClF3N2/c8-3-1-4(9)5(2-12)13-6(3)7(10)11/h1,7H. The zero-order valence-electron chi connectivity index (χ0n) is 6.06. The molecule has 0 aliphatic rings. The fourth-order valence-electron chi connectivity index (χ4n) is 0.712. The minimum absolute atomic E-state index is 0.480. The molecule has 6 heteroatoms. The molecule has 0 aliphatic carbocycles. The summed E-state index contributed by atoms with van der Waals surface area (Å²) in [6.07, 6.45) is -2.92. The molecule has 0 atom stereocenters. The number of rotatable bonds is 1. The molecule has 1 rings (SSSR count). The van der Waals surface area contributed by atoms with Crippen molar-refractivity contribution < 1.29 is 13.2 Å². The Kier molecular flexibility index (Phi) is 2.73. The maximum Gasteiger partial charge on any atom is 0.281 e. The van der Waals surface area contributed by atoms with E-state index in [1.165, 1.54) is 6.07 Å². The molecule has 0 amide bonds. The van der Waals surface area contributed by atoms with Crippen molar-refractivity contribution in [1.82, 2.24) is 4.98 Å². The van der Waals surface area contributed by atoms with E-state index in [1.807, 2.05) is 0 Å². The Morgan fingerprint density at radius 3 is 2.62 bits per heavy atom. The molecule has 0 aliphatic heterocycles. The molecule has 1 aromatic rings. The third-order valence-corrected chi connectivity index (χ3v) is 1.57. The molecule has 0 aromatic carbocycles. The average Bonchev–Trinajstić information content (AvgIpc) is 2.03. The second-order valence-electron chi connectivity index (χ2n) is 2.10. The number of halogens is 4. The molecule has 0 N–H and O–H groups in total. The molecular formula is C7H2ClF3N2. The highest BCUT2D eigenvalue weighted by Gasteiger charge is 2.17. The molecule has 1 heterocycles. The van der Waals surface area contributed by atoms with Gasteiger partial charge in [0.05, 0.1) is 5.02 Å². The summed E-state index contributed by atoms with van der Waals surface area (Å²) in [6.45, 7) is 0. The van der Waals surface area contributed by atoms with Crippen LogP contribution in [-0.2, 0) is 0 Å². The third-order valence-electron chi connectivity index (χ3n) is 1.27. The van der Waals surface area contributed by atoms with Gasteiger partial charge in [0.1, 0.15) is 11.8 Å². The molecule has 0 spiro atoms. The SMILES string of the molecule is N#Cc1nc(C(F)F)c(Cl)cc1F. The van der Waals surface area contributed by atoms with E-state index >= 15 is 0 Å². The normalized spacial score (nSPS) is 10.2. The first kappa shape index (κ1) is 9.81. The van der Waals surface area contributed by atoms with Crippen LogP contribution in [0.25, 0.3) is 0 Å². The van der Waals surface area contributed by atoms with Gasteiger partial charge in [-0.1, -0.05) is 11.6 Å².